The minimum atomic E-state index is -0.258. The fraction of sp³-hybridized carbons (Fsp3) is 0.269. The molecule has 8 heteroatoms. The molecule has 0 unspecified atom stereocenters. The quantitative estimate of drug-likeness (QED) is 0.399. The molecule has 0 spiro atoms. The summed E-state index contributed by atoms with van der Waals surface area (Å²) in [7, 11) is 0. The average molecular weight is 519 g/mol. The van der Waals surface area contributed by atoms with Crippen LogP contribution in [0, 0.1) is 6.92 Å². The van der Waals surface area contributed by atoms with E-state index in [1.165, 1.54) is 0 Å². The highest BCUT2D eigenvalue weighted by Crippen LogP contribution is 2.31. The first kappa shape index (κ1) is 24.7. The van der Waals surface area contributed by atoms with E-state index < -0.39 is 0 Å². The number of aryl methyl sites for hydroxylation is 1. The number of piperazine rings is 1. The van der Waals surface area contributed by atoms with E-state index in [2.05, 4.69) is 21.2 Å². The number of ether oxygens (including phenoxy) is 1. The predicted octanol–water partition coefficient (Wildman–Crippen LogP) is 6.29. The van der Waals surface area contributed by atoms with Crippen molar-refractivity contribution in [2.24, 2.45) is 0 Å². The molecule has 34 heavy (non-hydrogen) atoms. The van der Waals surface area contributed by atoms with Gasteiger partial charge >= 0.3 is 0 Å². The van der Waals surface area contributed by atoms with E-state index in [0.717, 1.165) is 54.6 Å². The van der Waals surface area contributed by atoms with Crippen LogP contribution in [0.25, 0.3) is 0 Å². The maximum Gasteiger partial charge on any atom is 0.262 e. The number of hydrogen-bond donors (Lipinski definition) is 1. The van der Waals surface area contributed by atoms with Gasteiger partial charge in [0.05, 0.1) is 5.02 Å². The minimum Gasteiger partial charge on any atom is -0.482 e. The number of nitrogens with one attached hydrogen (secondary N) is 1. The van der Waals surface area contributed by atoms with Crippen LogP contribution in [0.15, 0.2) is 60.7 Å². The van der Waals surface area contributed by atoms with Crippen LogP contribution in [0.3, 0.4) is 0 Å². The fourth-order valence-electron chi connectivity index (χ4n) is 3.99. The Morgan fingerprint density at radius 1 is 0.941 bits per heavy atom. The number of carbonyl (C=O) groups is 1. The molecule has 1 fully saturated rings. The maximum absolute atomic E-state index is 12.3. The van der Waals surface area contributed by atoms with Crippen LogP contribution >= 0.6 is 34.8 Å². The second-order valence-corrected chi connectivity index (χ2v) is 9.52. The molecule has 1 saturated heterocycles. The van der Waals surface area contributed by atoms with Gasteiger partial charge < -0.3 is 15.0 Å². The van der Waals surface area contributed by atoms with Crippen molar-refractivity contribution in [3.8, 4) is 5.75 Å². The van der Waals surface area contributed by atoms with Gasteiger partial charge in [0.2, 0.25) is 0 Å². The number of benzene rings is 3. The zero-order chi connectivity index (χ0) is 24.1. The summed E-state index contributed by atoms with van der Waals surface area (Å²) in [6.07, 6.45) is 0. The lowest BCUT2D eigenvalue weighted by Gasteiger charge is -2.36. The van der Waals surface area contributed by atoms with Crippen molar-refractivity contribution in [2.75, 3.05) is 43.0 Å². The number of hydrogen-bond acceptors (Lipinski definition) is 4. The van der Waals surface area contributed by atoms with Gasteiger partial charge in [-0.05, 0) is 60.5 Å². The van der Waals surface area contributed by atoms with Crippen LogP contribution in [-0.4, -0.2) is 43.6 Å². The van der Waals surface area contributed by atoms with E-state index in [4.69, 9.17) is 39.5 Å². The van der Waals surface area contributed by atoms with Crippen molar-refractivity contribution < 1.29 is 9.53 Å². The second kappa shape index (κ2) is 11.3. The van der Waals surface area contributed by atoms with Gasteiger partial charge in [0.15, 0.2) is 6.61 Å². The molecule has 0 aliphatic carbocycles. The number of amides is 1. The van der Waals surface area contributed by atoms with E-state index >= 15 is 0 Å². The molecule has 0 saturated carbocycles. The van der Waals surface area contributed by atoms with Gasteiger partial charge in [0, 0.05) is 54.1 Å². The topological polar surface area (TPSA) is 44.8 Å². The van der Waals surface area contributed by atoms with E-state index in [1.807, 2.05) is 49.4 Å². The summed E-state index contributed by atoms with van der Waals surface area (Å²) in [6.45, 7) is 6.36. The molecular formula is C26H26Cl3N3O2. The fourth-order valence-corrected chi connectivity index (χ4v) is 4.84. The highest BCUT2D eigenvalue weighted by molar-refractivity contribution is 6.35. The summed E-state index contributed by atoms with van der Waals surface area (Å²) in [5.74, 6) is 0.205. The molecule has 4 rings (SSSR count). The highest BCUT2D eigenvalue weighted by atomic mass is 35.5. The molecule has 0 atom stereocenters. The summed E-state index contributed by atoms with van der Waals surface area (Å²) >= 11 is 18.5. The van der Waals surface area contributed by atoms with Crippen LogP contribution in [0.2, 0.25) is 15.1 Å². The van der Waals surface area contributed by atoms with Crippen LogP contribution in [-0.2, 0) is 11.3 Å². The van der Waals surface area contributed by atoms with E-state index in [1.54, 1.807) is 12.1 Å². The zero-order valence-electron chi connectivity index (χ0n) is 18.9. The molecule has 178 valence electrons. The maximum atomic E-state index is 12.3. The molecule has 1 N–H and O–H groups in total. The molecule has 5 nitrogen and oxygen atoms in total. The number of nitrogens with zero attached hydrogens (tertiary/aromatic N) is 2. The summed E-state index contributed by atoms with van der Waals surface area (Å²) in [5, 5.41) is 4.59. The van der Waals surface area contributed by atoms with Gasteiger partial charge in [-0.2, -0.15) is 0 Å². The van der Waals surface area contributed by atoms with Crippen molar-refractivity contribution in [2.45, 2.75) is 13.5 Å². The lowest BCUT2D eigenvalue weighted by atomic mass is 10.2. The second-order valence-electron chi connectivity index (χ2n) is 8.27. The summed E-state index contributed by atoms with van der Waals surface area (Å²) in [4.78, 5) is 17.1. The van der Waals surface area contributed by atoms with Crippen molar-refractivity contribution in [1.29, 1.82) is 0 Å². The smallest absolute Gasteiger partial charge is 0.262 e. The van der Waals surface area contributed by atoms with Crippen LogP contribution in [0.1, 0.15) is 11.1 Å². The molecule has 1 aliphatic rings. The molecule has 1 aliphatic heterocycles. The summed E-state index contributed by atoms with van der Waals surface area (Å²) < 4.78 is 5.61. The van der Waals surface area contributed by atoms with Crippen LogP contribution in [0.4, 0.5) is 11.4 Å². The summed E-state index contributed by atoms with van der Waals surface area (Å²) in [6, 6.07) is 19.2. The Morgan fingerprint density at radius 3 is 2.32 bits per heavy atom. The molecule has 0 aromatic heterocycles. The van der Waals surface area contributed by atoms with Crippen LogP contribution in [0.5, 0.6) is 5.75 Å². The number of carbonyl (C=O) groups excluding carboxylic acids is 1. The van der Waals surface area contributed by atoms with Gasteiger partial charge in [-0.25, -0.2) is 0 Å². The largest absolute Gasteiger partial charge is 0.482 e. The third-order valence-corrected chi connectivity index (χ3v) is 6.65. The third-order valence-electron chi connectivity index (χ3n) is 5.78. The monoisotopic (exact) mass is 517 g/mol. The lowest BCUT2D eigenvalue weighted by molar-refractivity contribution is -0.118. The van der Waals surface area contributed by atoms with Crippen molar-refractivity contribution in [1.82, 2.24) is 4.90 Å². The Morgan fingerprint density at radius 2 is 1.65 bits per heavy atom. The van der Waals surface area contributed by atoms with E-state index in [-0.39, 0.29) is 12.5 Å². The van der Waals surface area contributed by atoms with Crippen molar-refractivity contribution in [3.05, 3.63) is 86.9 Å². The van der Waals surface area contributed by atoms with Gasteiger partial charge in [-0.3, -0.25) is 9.69 Å². The molecule has 0 radical (unpaired) electrons. The number of anilines is 2. The molecule has 0 bridgehead atoms. The van der Waals surface area contributed by atoms with Crippen LogP contribution < -0.4 is 15.0 Å². The molecule has 3 aromatic carbocycles. The van der Waals surface area contributed by atoms with Crippen molar-refractivity contribution >= 4 is 52.1 Å². The normalized spacial score (nSPS) is 14.2. The minimum absolute atomic E-state index is 0.142. The summed E-state index contributed by atoms with van der Waals surface area (Å²) in [5.41, 5.74) is 3.79. The standard InChI is InChI=1S/C26H26Cl3N3O2/c1-18-14-20(27)15-24(29)26(18)34-17-25(33)30-21-6-8-22(9-7-21)32-12-10-31(11-13-32)16-19-4-2-3-5-23(19)28/h2-9,14-15H,10-13,16-17H2,1H3,(H,30,33). The first-order valence-corrected chi connectivity index (χ1v) is 12.2. The van der Waals surface area contributed by atoms with E-state index in [0.29, 0.717) is 21.5 Å². The third kappa shape index (κ3) is 6.36. The number of halogens is 3. The number of rotatable bonds is 7. The molecule has 1 amide bonds. The first-order valence-electron chi connectivity index (χ1n) is 11.1. The van der Waals surface area contributed by atoms with Gasteiger partial charge in [0.1, 0.15) is 5.75 Å². The molecule has 3 aromatic rings. The highest BCUT2D eigenvalue weighted by Gasteiger charge is 2.18. The first-order chi connectivity index (χ1) is 16.4. The zero-order valence-corrected chi connectivity index (χ0v) is 21.1. The SMILES string of the molecule is Cc1cc(Cl)cc(Cl)c1OCC(=O)Nc1ccc(N2CCN(Cc3ccccc3Cl)CC2)cc1. The lowest BCUT2D eigenvalue weighted by Crippen LogP contribution is -2.46. The Bertz CT molecular complexity index is 1120. The van der Waals surface area contributed by atoms with Gasteiger partial charge in [-0.1, -0.05) is 53.0 Å². The molecule has 1 heterocycles. The average Bonchev–Trinajstić information content (AvgIpc) is 2.81. The van der Waals surface area contributed by atoms with E-state index in [9.17, 15) is 4.79 Å². The Hall–Kier alpha value is -2.44. The van der Waals surface area contributed by atoms with Gasteiger partial charge in [0.25, 0.3) is 5.91 Å². The Labute approximate surface area is 215 Å². The molecular weight excluding hydrogens is 493 g/mol. The Kier molecular flexibility index (Phi) is 8.22. The van der Waals surface area contributed by atoms with Gasteiger partial charge in [-0.15, -0.1) is 0 Å². The van der Waals surface area contributed by atoms with Crippen molar-refractivity contribution in [3.63, 3.8) is 0 Å². The Balaban J connectivity index is 1.26. The predicted molar refractivity (Wildman–Crippen MR) is 141 cm³/mol.